The zero-order valence-electron chi connectivity index (χ0n) is 8.40. The highest BCUT2D eigenvalue weighted by molar-refractivity contribution is 7.16. The van der Waals surface area contributed by atoms with E-state index in [1.165, 1.54) is 0 Å². The van der Waals surface area contributed by atoms with Crippen LogP contribution < -0.4 is 11.1 Å². The first-order chi connectivity index (χ1) is 7.22. The Hall–Kier alpha value is -1.33. The Bertz CT molecular complexity index is 469. The number of nitrogen functional groups attached to an aromatic ring is 1. The molecule has 0 fully saturated rings. The number of hydrogen-bond donors (Lipinski definition) is 3. The lowest BCUT2D eigenvalue weighted by molar-refractivity contribution is 0.281. The van der Waals surface area contributed by atoms with E-state index in [0.717, 1.165) is 15.9 Å². The smallest absolute Gasteiger partial charge is 0.106 e. The van der Waals surface area contributed by atoms with Gasteiger partial charge in [-0.25, -0.2) is 4.98 Å². The molecular formula is C10H13N3OS. The summed E-state index contributed by atoms with van der Waals surface area (Å²) in [7, 11) is 0. The zero-order valence-corrected chi connectivity index (χ0v) is 9.21. The van der Waals surface area contributed by atoms with Gasteiger partial charge in [0.2, 0.25) is 0 Å². The van der Waals surface area contributed by atoms with Gasteiger partial charge in [0, 0.05) is 6.04 Å². The summed E-state index contributed by atoms with van der Waals surface area (Å²) in [4.78, 5) is 4.20. The lowest BCUT2D eigenvalue weighted by Crippen LogP contribution is -2.20. The molecule has 2 rings (SSSR count). The molecular weight excluding hydrogens is 210 g/mol. The number of hydrogen-bond acceptors (Lipinski definition) is 5. The fourth-order valence-electron chi connectivity index (χ4n) is 1.39. The number of thiazole rings is 1. The lowest BCUT2D eigenvalue weighted by Gasteiger charge is -2.14. The van der Waals surface area contributed by atoms with Crippen molar-refractivity contribution in [2.24, 2.45) is 0 Å². The van der Waals surface area contributed by atoms with Gasteiger partial charge in [-0.15, -0.1) is 11.3 Å². The van der Waals surface area contributed by atoms with Crippen molar-refractivity contribution in [2.75, 3.05) is 17.7 Å². The number of aromatic nitrogens is 1. The van der Waals surface area contributed by atoms with E-state index in [1.807, 2.05) is 19.1 Å². The third-order valence-electron chi connectivity index (χ3n) is 2.22. The number of rotatable bonds is 3. The van der Waals surface area contributed by atoms with Crippen LogP contribution in [0.3, 0.4) is 0 Å². The molecule has 0 saturated carbocycles. The first-order valence-electron chi connectivity index (χ1n) is 4.71. The van der Waals surface area contributed by atoms with Crippen LogP contribution in [0.15, 0.2) is 17.6 Å². The van der Waals surface area contributed by atoms with Gasteiger partial charge in [0.15, 0.2) is 0 Å². The monoisotopic (exact) mass is 223 g/mol. The summed E-state index contributed by atoms with van der Waals surface area (Å²) in [5.74, 6) is 0. The van der Waals surface area contributed by atoms with Crippen LogP contribution in [0.5, 0.6) is 0 Å². The van der Waals surface area contributed by atoms with Crippen molar-refractivity contribution in [1.82, 2.24) is 4.98 Å². The second-order valence-corrected chi connectivity index (χ2v) is 4.34. The lowest BCUT2D eigenvalue weighted by atomic mass is 10.2. The van der Waals surface area contributed by atoms with Gasteiger partial charge in [-0.3, -0.25) is 0 Å². The molecule has 0 bridgehead atoms. The Morgan fingerprint density at radius 1 is 1.60 bits per heavy atom. The molecule has 4 N–H and O–H groups in total. The summed E-state index contributed by atoms with van der Waals surface area (Å²) in [6.07, 6.45) is 0. The third kappa shape index (κ3) is 1.88. The molecule has 0 aliphatic heterocycles. The van der Waals surface area contributed by atoms with E-state index in [-0.39, 0.29) is 12.6 Å². The van der Waals surface area contributed by atoms with Crippen molar-refractivity contribution in [3.05, 3.63) is 17.6 Å². The van der Waals surface area contributed by atoms with Crippen molar-refractivity contribution in [3.63, 3.8) is 0 Å². The van der Waals surface area contributed by atoms with Gasteiger partial charge < -0.3 is 16.2 Å². The van der Waals surface area contributed by atoms with Crippen LogP contribution in [0, 0.1) is 0 Å². The van der Waals surface area contributed by atoms with Gasteiger partial charge in [-0.1, -0.05) is 0 Å². The first kappa shape index (κ1) is 10.2. The molecule has 2 aromatic rings. The highest BCUT2D eigenvalue weighted by Gasteiger charge is 2.08. The number of anilines is 2. The summed E-state index contributed by atoms with van der Waals surface area (Å²) in [6, 6.07) is 3.89. The van der Waals surface area contributed by atoms with Gasteiger partial charge in [-0.05, 0) is 19.1 Å². The number of aliphatic hydroxyl groups is 1. The Labute approximate surface area is 91.8 Å². The van der Waals surface area contributed by atoms with Crippen LogP contribution in [-0.4, -0.2) is 22.7 Å². The Kier molecular flexibility index (Phi) is 2.75. The van der Waals surface area contributed by atoms with E-state index in [1.54, 1.807) is 16.8 Å². The standard InChI is InChI=1S/C10H13N3OS/c1-6(4-14)13-7-2-3-8-10(9(7)11)12-5-15-8/h2-3,5-6,13-14H,4,11H2,1H3. The van der Waals surface area contributed by atoms with Crippen molar-refractivity contribution in [3.8, 4) is 0 Å². The maximum Gasteiger partial charge on any atom is 0.106 e. The SMILES string of the molecule is CC(CO)Nc1ccc2scnc2c1N. The Balaban J connectivity index is 2.39. The van der Waals surface area contributed by atoms with Gasteiger partial charge in [0.05, 0.1) is 28.2 Å². The molecule has 1 heterocycles. The van der Waals surface area contributed by atoms with E-state index < -0.39 is 0 Å². The molecule has 0 spiro atoms. The van der Waals surface area contributed by atoms with E-state index >= 15 is 0 Å². The van der Waals surface area contributed by atoms with Crippen LogP contribution in [0.25, 0.3) is 10.2 Å². The number of benzene rings is 1. The van der Waals surface area contributed by atoms with Crippen LogP contribution in [0.2, 0.25) is 0 Å². The maximum atomic E-state index is 8.94. The highest BCUT2D eigenvalue weighted by Crippen LogP contribution is 2.30. The molecule has 80 valence electrons. The topological polar surface area (TPSA) is 71.2 Å². The van der Waals surface area contributed by atoms with E-state index in [9.17, 15) is 0 Å². The number of aliphatic hydroxyl groups excluding tert-OH is 1. The molecule has 1 unspecified atom stereocenters. The van der Waals surface area contributed by atoms with Crippen LogP contribution >= 0.6 is 11.3 Å². The predicted octanol–water partition coefficient (Wildman–Crippen LogP) is 1.67. The summed E-state index contributed by atoms with van der Waals surface area (Å²) < 4.78 is 1.08. The molecule has 0 radical (unpaired) electrons. The summed E-state index contributed by atoms with van der Waals surface area (Å²) in [5, 5.41) is 12.1. The largest absolute Gasteiger partial charge is 0.395 e. The van der Waals surface area contributed by atoms with Crippen molar-refractivity contribution >= 4 is 32.9 Å². The van der Waals surface area contributed by atoms with Crippen LogP contribution in [0.4, 0.5) is 11.4 Å². The highest BCUT2D eigenvalue weighted by atomic mass is 32.1. The van der Waals surface area contributed by atoms with Gasteiger partial charge >= 0.3 is 0 Å². The second kappa shape index (κ2) is 4.04. The van der Waals surface area contributed by atoms with Crippen molar-refractivity contribution in [2.45, 2.75) is 13.0 Å². The normalized spacial score (nSPS) is 12.9. The number of nitrogens with two attached hydrogens (primary N) is 1. The Morgan fingerprint density at radius 3 is 3.13 bits per heavy atom. The van der Waals surface area contributed by atoms with Crippen molar-refractivity contribution < 1.29 is 5.11 Å². The zero-order chi connectivity index (χ0) is 10.8. The fourth-order valence-corrected chi connectivity index (χ4v) is 2.08. The number of nitrogens with zero attached hydrogens (tertiary/aromatic N) is 1. The average Bonchev–Trinajstić information content (AvgIpc) is 2.70. The molecule has 0 aliphatic carbocycles. The Morgan fingerprint density at radius 2 is 2.40 bits per heavy atom. The van der Waals surface area contributed by atoms with Crippen LogP contribution in [-0.2, 0) is 0 Å². The minimum absolute atomic E-state index is 0.0108. The molecule has 1 atom stereocenters. The van der Waals surface area contributed by atoms with Gasteiger partial charge in [0.25, 0.3) is 0 Å². The summed E-state index contributed by atoms with van der Waals surface area (Å²) in [6.45, 7) is 1.97. The number of nitrogens with one attached hydrogen (secondary N) is 1. The third-order valence-corrected chi connectivity index (χ3v) is 3.01. The molecule has 4 nitrogen and oxygen atoms in total. The quantitative estimate of drug-likeness (QED) is 0.692. The molecule has 0 saturated heterocycles. The molecule has 1 aromatic heterocycles. The molecule has 15 heavy (non-hydrogen) atoms. The van der Waals surface area contributed by atoms with E-state index in [2.05, 4.69) is 10.3 Å². The molecule has 5 heteroatoms. The van der Waals surface area contributed by atoms with Crippen LogP contribution in [0.1, 0.15) is 6.92 Å². The minimum atomic E-state index is -0.0108. The van der Waals surface area contributed by atoms with Gasteiger partial charge in [-0.2, -0.15) is 0 Å². The van der Waals surface area contributed by atoms with E-state index in [0.29, 0.717) is 5.69 Å². The summed E-state index contributed by atoms with van der Waals surface area (Å²) >= 11 is 1.57. The number of fused-ring (bicyclic) bond motifs is 1. The minimum Gasteiger partial charge on any atom is -0.395 e. The fraction of sp³-hybridized carbons (Fsp3) is 0.300. The van der Waals surface area contributed by atoms with Gasteiger partial charge in [0.1, 0.15) is 5.52 Å². The maximum absolute atomic E-state index is 8.94. The summed E-state index contributed by atoms with van der Waals surface area (Å²) in [5.41, 5.74) is 10.0. The predicted molar refractivity (Wildman–Crippen MR) is 64.2 cm³/mol. The molecule has 0 aliphatic rings. The average molecular weight is 223 g/mol. The molecule has 1 aromatic carbocycles. The van der Waals surface area contributed by atoms with E-state index in [4.69, 9.17) is 10.8 Å². The van der Waals surface area contributed by atoms with Crippen molar-refractivity contribution in [1.29, 1.82) is 0 Å². The first-order valence-corrected chi connectivity index (χ1v) is 5.59. The second-order valence-electron chi connectivity index (χ2n) is 3.45. The molecule has 0 amide bonds.